The van der Waals surface area contributed by atoms with Gasteiger partial charge in [0.1, 0.15) is 5.69 Å². The third kappa shape index (κ3) is 3.69. The zero-order chi connectivity index (χ0) is 13.7. The predicted octanol–water partition coefficient (Wildman–Crippen LogP) is 2.17. The van der Waals surface area contributed by atoms with Crippen molar-refractivity contribution in [2.75, 3.05) is 0 Å². The summed E-state index contributed by atoms with van der Waals surface area (Å²) < 4.78 is 0. The van der Waals surface area contributed by atoms with Gasteiger partial charge in [0.2, 0.25) is 0 Å². The highest BCUT2D eigenvalue weighted by atomic mass is 32.2. The van der Waals surface area contributed by atoms with Gasteiger partial charge in [-0.15, -0.1) is 0 Å². The molecular weight excluding hydrogens is 260 g/mol. The molecule has 0 amide bonds. The number of hydrogen-bond donors (Lipinski definition) is 2. The van der Waals surface area contributed by atoms with Gasteiger partial charge in [0.15, 0.2) is 11.0 Å². The van der Waals surface area contributed by atoms with E-state index in [1.54, 1.807) is 6.07 Å². The molecule has 1 aromatic heterocycles. The molecule has 6 heteroatoms. The van der Waals surface area contributed by atoms with Crippen LogP contribution in [-0.2, 0) is 5.75 Å². The molecule has 0 unspecified atom stereocenters. The monoisotopic (exact) mass is 274 g/mol. The number of aryl methyl sites for hydroxylation is 1. The summed E-state index contributed by atoms with van der Waals surface area (Å²) in [7, 11) is 0. The number of nitrogens with zero attached hydrogens (tertiary/aromatic N) is 3. The third-order valence-electron chi connectivity index (χ3n) is 2.41. The Morgan fingerprint density at radius 1 is 1.32 bits per heavy atom. The first-order valence-corrected chi connectivity index (χ1v) is 6.68. The fraction of sp³-hybridized carbons (Fsp3) is 0.154. The Labute approximate surface area is 115 Å². The second-order valence-electron chi connectivity index (χ2n) is 3.94. The zero-order valence-electron chi connectivity index (χ0n) is 10.4. The smallest absolute Gasteiger partial charge is 0.188 e. The first-order valence-electron chi connectivity index (χ1n) is 5.69. The van der Waals surface area contributed by atoms with Gasteiger partial charge in [0.05, 0.1) is 0 Å². The van der Waals surface area contributed by atoms with E-state index in [0.29, 0.717) is 10.9 Å². The first kappa shape index (κ1) is 13.4. The van der Waals surface area contributed by atoms with E-state index in [4.69, 9.17) is 10.9 Å². The lowest BCUT2D eigenvalue weighted by atomic mass is 10.2. The van der Waals surface area contributed by atoms with Gasteiger partial charge < -0.3 is 10.9 Å². The molecule has 0 aliphatic carbocycles. The minimum atomic E-state index is -0.00735. The van der Waals surface area contributed by atoms with Gasteiger partial charge >= 0.3 is 0 Å². The van der Waals surface area contributed by atoms with E-state index < -0.39 is 0 Å². The number of benzene rings is 1. The highest BCUT2D eigenvalue weighted by Gasteiger charge is 2.07. The normalized spacial score (nSPS) is 11.5. The average Bonchev–Trinajstić information content (AvgIpc) is 2.45. The SMILES string of the molecule is Cc1cc(/C(N)=N/O)nc(SCc2ccccc2)n1. The maximum Gasteiger partial charge on any atom is 0.188 e. The molecular formula is C13H14N4OS. The summed E-state index contributed by atoms with van der Waals surface area (Å²) in [6, 6.07) is 11.7. The van der Waals surface area contributed by atoms with Crippen molar-refractivity contribution in [2.45, 2.75) is 17.8 Å². The van der Waals surface area contributed by atoms with Gasteiger partial charge in [-0.3, -0.25) is 0 Å². The molecule has 0 saturated heterocycles. The number of nitrogens with two attached hydrogens (primary N) is 1. The maximum absolute atomic E-state index is 8.67. The number of rotatable bonds is 4. The van der Waals surface area contributed by atoms with Crippen LogP contribution in [0.25, 0.3) is 0 Å². The molecule has 0 aliphatic rings. The van der Waals surface area contributed by atoms with Crippen LogP contribution in [0, 0.1) is 6.92 Å². The van der Waals surface area contributed by atoms with Crippen LogP contribution in [0.4, 0.5) is 0 Å². The molecule has 0 bridgehead atoms. The molecule has 1 aromatic carbocycles. The van der Waals surface area contributed by atoms with Crippen LogP contribution in [-0.4, -0.2) is 21.0 Å². The molecule has 0 spiro atoms. The van der Waals surface area contributed by atoms with E-state index in [-0.39, 0.29) is 5.84 Å². The number of amidine groups is 1. The average molecular weight is 274 g/mol. The number of thioether (sulfide) groups is 1. The molecule has 0 aliphatic heterocycles. The standard InChI is InChI=1S/C13H14N4OS/c1-9-7-11(12(14)17-18)16-13(15-9)19-8-10-5-3-2-4-6-10/h2-7,18H,8H2,1H3,(H2,14,17). The van der Waals surface area contributed by atoms with Crippen molar-refractivity contribution in [3.8, 4) is 0 Å². The molecule has 3 N–H and O–H groups in total. The van der Waals surface area contributed by atoms with Gasteiger partial charge in [0.25, 0.3) is 0 Å². The lowest BCUT2D eigenvalue weighted by Gasteiger charge is -2.04. The van der Waals surface area contributed by atoms with E-state index in [0.717, 1.165) is 11.4 Å². The number of hydrogen-bond acceptors (Lipinski definition) is 5. The Morgan fingerprint density at radius 3 is 2.74 bits per heavy atom. The number of oxime groups is 1. The third-order valence-corrected chi connectivity index (χ3v) is 3.33. The van der Waals surface area contributed by atoms with Crippen LogP contribution in [0.5, 0.6) is 0 Å². The van der Waals surface area contributed by atoms with E-state index in [1.165, 1.54) is 17.3 Å². The molecule has 5 nitrogen and oxygen atoms in total. The van der Waals surface area contributed by atoms with Crippen LogP contribution in [0.3, 0.4) is 0 Å². The highest BCUT2D eigenvalue weighted by Crippen LogP contribution is 2.19. The molecule has 98 valence electrons. The summed E-state index contributed by atoms with van der Waals surface area (Å²) in [6.45, 7) is 1.85. The van der Waals surface area contributed by atoms with Crippen molar-refractivity contribution in [3.63, 3.8) is 0 Å². The lowest BCUT2D eigenvalue weighted by Crippen LogP contribution is -2.16. The zero-order valence-corrected chi connectivity index (χ0v) is 11.3. The highest BCUT2D eigenvalue weighted by molar-refractivity contribution is 7.98. The fourth-order valence-corrected chi connectivity index (χ4v) is 2.37. The minimum absolute atomic E-state index is 0.00735. The predicted molar refractivity (Wildman–Crippen MR) is 75.3 cm³/mol. The second kappa shape index (κ2) is 6.19. The van der Waals surface area contributed by atoms with E-state index in [9.17, 15) is 0 Å². The summed E-state index contributed by atoms with van der Waals surface area (Å²) in [5, 5.41) is 12.2. The Kier molecular flexibility index (Phi) is 4.35. The first-order chi connectivity index (χ1) is 9.19. The lowest BCUT2D eigenvalue weighted by molar-refractivity contribution is 0.318. The van der Waals surface area contributed by atoms with Crippen LogP contribution >= 0.6 is 11.8 Å². The Hall–Kier alpha value is -2.08. The van der Waals surface area contributed by atoms with E-state index in [1.807, 2.05) is 37.3 Å². The van der Waals surface area contributed by atoms with Crippen LogP contribution in [0.15, 0.2) is 46.7 Å². The molecule has 0 atom stereocenters. The molecule has 1 heterocycles. The Bertz CT molecular complexity index is 586. The summed E-state index contributed by atoms with van der Waals surface area (Å²) in [4.78, 5) is 8.58. The van der Waals surface area contributed by atoms with Crippen molar-refractivity contribution < 1.29 is 5.21 Å². The number of aromatic nitrogens is 2. The van der Waals surface area contributed by atoms with Crippen molar-refractivity contribution in [3.05, 3.63) is 53.3 Å². The molecule has 2 aromatic rings. The van der Waals surface area contributed by atoms with Gasteiger partial charge in [0, 0.05) is 11.4 Å². The summed E-state index contributed by atoms with van der Waals surface area (Å²) in [5.41, 5.74) is 7.96. The maximum atomic E-state index is 8.67. The second-order valence-corrected chi connectivity index (χ2v) is 4.88. The molecule has 0 saturated carbocycles. The molecule has 0 radical (unpaired) electrons. The van der Waals surface area contributed by atoms with Crippen molar-refractivity contribution >= 4 is 17.6 Å². The summed E-state index contributed by atoms with van der Waals surface area (Å²) in [6.07, 6.45) is 0. The molecule has 0 fully saturated rings. The fourth-order valence-electron chi connectivity index (χ4n) is 1.51. The van der Waals surface area contributed by atoms with Crippen LogP contribution in [0.1, 0.15) is 17.0 Å². The largest absolute Gasteiger partial charge is 0.409 e. The van der Waals surface area contributed by atoms with Crippen molar-refractivity contribution in [1.29, 1.82) is 0 Å². The van der Waals surface area contributed by atoms with Gasteiger partial charge in [-0.05, 0) is 18.6 Å². The van der Waals surface area contributed by atoms with Gasteiger partial charge in [-0.2, -0.15) is 0 Å². The van der Waals surface area contributed by atoms with Crippen LogP contribution < -0.4 is 5.73 Å². The van der Waals surface area contributed by atoms with Gasteiger partial charge in [-0.1, -0.05) is 47.2 Å². The summed E-state index contributed by atoms with van der Waals surface area (Å²) in [5.74, 6) is 0.770. The summed E-state index contributed by atoms with van der Waals surface area (Å²) >= 11 is 1.52. The van der Waals surface area contributed by atoms with Crippen molar-refractivity contribution in [2.24, 2.45) is 10.9 Å². The van der Waals surface area contributed by atoms with E-state index in [2.05, 4.69) is 15.1 Å². The Balaban J connectivity index is 2.14. The van der Waals surface area contributed by atoms with Gasteiger partial charge in [-0.25, -0.2) is 9.97 Å². The van der Waals surface area contributed by atoms with E-state index >= 15 is 0 Å². The van der Waals surface area contributed by atoms with Crippen LogP contribution in [0.2, 0.25) is 0 Å². The quantitative estimate of drug-likeness (QED) is 0.223. The molecule has 2 rings (SSSR count). The minimum Gasteiger partial charge on any atom is -0.409 e. The molecule has 19 heavy (non-hydrogen) atoms. The Morgan fingerprint density at radius 2 is 2.05 bits per heavy atom. The topological polar surface area (TPSA) is 84.4 Å². The van der Waals surface area contributed by atoms with Crippen molar-refractivity contribution in [1.82, 2.24) is 9.97 Å².